The molecule has 0 aliphatic carbocycles. The monoisotopic (exact) mass is 306 g/mol. The van der Waals surface area contributed by atoms with Gasteiger partial charge in [-0.1, -0.05) is 0 Å². The summed E-state index contributed by atoms with van der Waals surface area (Å²) in [5, 5.41) is 3.74. The summed E-state index contributed by atoms with van der Waals surface area (Å²) in [6, 6.07) is 1.32. The molecule has 0 atom stereocenters. The lowest BCUT2D eigenvalue weighted by Crippen LogP contribution is -2.44. The predicted molar refractivity (Wildman–Crippen MR) is 89.1 cm³/mol. The summed E-state index contributed by atoms with van der Waals surface area (Å²) in [5.41, 5.74) is 2.48. The molecule has 1 saturated heterocycles. The maximum atomic E-state index is 4.67. The zero-order chi connectivity index (χ0) is 15.0. The van der Waals surface area contributed by atoms with E-state index < -0.39 is 0 Å². The molecule has 1 fully saturated rings. The van der Waals surface area contributed by atoms with E-state index >= 15 is 0 Å². The van der Waals surface area contributed by atoms with E-state index in [9.17, 15) is 0 Å². The maximum Gasteiger partial charge on any atom is 0.194 e. The normalized spacial score (nSPS) is 18.1. The van der Waals surface area contributed by atoms with Crippen molar-refractivity contribution in [3.8, 4) is 0 Å². The van der Waals surface area contributed by atoms with Gasteiger partial charge in [-0.05, 0) is 53.6 Å². The first kappa shape index (κ1) is 15.0. The Balaban J connectivity index is 1.61. The highest BCUT2D eigenvalue weighted by atomic mass is 32.1. The summed E-state index contributed by atoms with van der Waals surface area (Å²) in [4.78, 5) is 9.68. The number of thiazole rings is 1. The molecule has 2 aromatic heterocycles. The lowest BCUT2D eigenvalue weighted by molar-refractivity contribution is 0.160. The standard InChI is InChI=1S/C16H26N4S/c1-11(2)19-7-5-14(6-8-19)17-9-15-13(4)18-16-20(15)10-12(3)21-16/h10-11,14,17H,5-9H2,1-4H3. The Morgan fingerprint density at radius 1 is 1.33 bits per heavy atom. The average Bonchev–Trinajstić information content (AvgIpc) is 2.92. The summed E-state index contributed by atoms with van der Waals surface area (Å²) in [7, 11) is 0. The van der Waals surface area contributed by atoms with Gasteiger partial charge in [-0.2, -0.15) is 0 Å². The summed E-state index contributed by atoms with van der Waals surface area (Å²) >= 11 is 1.77. The van der Waals surface area contributed by atoms with Gasteiger partial charge < -0.3 is 10.2 Å². The smallest absolute Gasteiger partial charge is 0.194 e. The van der Waals surface area contributed by atoms with Crippen molar-refractivity contribution in [3.63, 3.8) is 0 Å². The minimum atomic E-state index is 0.643. The first-order chi connectivity index (χ1) is 10.0. The molecule has 4 nitrogen and oxygen atoms in total. The van der Waals surface area contributed by atoms with E-state index in [-0.39, 0.29) is 0 Å². The van der Waals surface area contributed by atoms with Gasteiger partial charge in [-0.15, -0.1) is 11.3 Å². The van der Waals surface area contributed by atoms with Crippen LogP contribution in [0.4, 0.5) is 0 Å². The Hall–Kier alpha value is -0.910. The van der Waals surface area contributed by atoms with Crippen LogP contribution < -0.4 is 5.32 Å². The minimum absolute atomic E-state index is 0.643. The lowest BCUT2D eigenvalue weighted by atomic mass is 10.0. The molecule has 3 heterocycles. The zero-order valence-corrected chi connectivity index (χ0v) is 14.3. The van der Waals surface area contributed by atoms with Gasteiger partial charge in [-0.25, -0.2) is 4.98 Å². The van der Waals surface area contributed by atoms with Crippen molar-refractivity contribution in [1.82, 2.24) is 19.6 Å². The van der Waals surface area contributed by atoms with E-state index in [0.29, 0.717) is 12.1 Å². The average molecular weight is 306 g/mol. The number of likely N-dealkylation sites (tertiary alicyclic amines) is 1. The van der Waals surface area contributed by atoms with Crippen molar-refractivity contribution in [3.05, 3.63) is 22.5 Å². The number of nitrogens with zero attached hydrogens (tertiary/aromatic N) is 3. The highest BCUT2D eigenvalue weighted by Gasteiger charge is 2.21. The molecule has 1 aliphatic rings. The van der Waals surface area contributed by atoms with E-state index in [1.165, 1.54) is 36.5 Å². The first-order valence-corrected chi connectivity index (χ1v) is 8.77. The number of nitrogens with one attached hydrogen (secondary N) is 1. The number of rotatable bonds is 4. The molecular formula is C16H26N4S. The molecule has 0 radical (unpaired) electrons. The van der Waals surface area contributed by atoms with E-state index in [1.54, 1.807) is 11.3 Å². The summed E-state index contributed by atoms with van der Waals surface area (Å²) in [5.74, 6) is 0. The second-order valence-electron chi connectivity index (χ2n) is 6.42. The van der Waals surface area contributed by atoms with Gasteiger partial charge >= 0.3 is 0 Å². The minimum Gasteiger partial charge on any atom is -0.308 e. The number of hydrogen-bond donors (Lipinski definition) is 1. The van der Waals surface area contributed by atoms with Crippen LogP contribution in [-0.2, 0) is 6.54 Å². The van der Waals surface area contributed by atoms with E-state index in [4.69, 9.17) is 0 Å². The topological polar surface area (TPSA) is 32.6 Å². The summed E-state index contributed by atoms with van der Waals surface area (Å²) in [6.45, 7) is 12.2. The quantitative estimate of drug-likeness (QED) is 0.942. The van der Waals surface area contributed by atoms with E-state index in [0.717, 1.165) is 17.2 Å². The van der Waals surface area contributed by atoms with Gasteiger partial charge in [0, 0.05) is 29.7 Å². The van der Waals surface area contributed by atoms with Crippen LogP contribution in [0.3, 0.4) is 0 Å². The fraction of sp³-hybridized carbons (Fsp3) is 0.688. The Morgan fingerprint density at radius 3 is 2.71 bits per heavy atom. The highest BCUT2D eigenvalue weighted by molar-refractivity contribution is 7.17. The van der Waals surface area contributed by atoms with Gasteiger partial charge in [0.15, 0.2) is 4.96 Å². The van der Waals surface area contributed by atoms with Crippen LogP contribution in [0, 0.1) is 13.8 Å². The molecule has 3 rings (SSSR count). The molecule has 0 amide bonds. The number of piperidine rings is 1. The van der Waals surface area contributed by atoms with Crippen molar-refractivity contribution in [2.75, 3.05) is 13.1 Å². The van der Waals surface area contributed by atoms with Crippen molar-refractivity contribution in [1.29, 1.82) is 0 Å². The molecule has 1 aliphatic heterocycles. The van der Waals surface area contributed by atoms with Crippen molar-refractivity contribution in [2.24, 2.45) is 0 Å². The number of imidazole rings is 1. The van der Waals surface area contributed by atoms with Gasteiger partial charge in [-0.3, -0.25) is 4.40 Å². The summed E-state index contributed by atoms with van der Waals surface area (Å²) in [6.07, 6.45) is 4.71. The molecule has 0 saturated carbocycles. The van der Waals surface area contributed by atoms with Crippen LogP contribution in [0.5, 0.6) is 0 Å². The molecule has 1 N–H and O–H groups in total. The molecule has 21 heavy (non-hydrogen) atoms. The Morgan fingerprint density at radius 2 is 2.05 bits per heavy atom. The maximum absolute atomic E-state index is 4.67. The van der Waals surface area contributed by atoms with Crippen LogP contribution >= 0.6 is 11.3 Å². The molecule has 5 heteroatoms. The molecule has 0 aromatic carbocycles. The van der Waals surface area contributed by atoms with Gasteiger partial charge in [0.1, 0.15) is 0 Å². The lowest BCUT2D eigenvalue weighted by Gasteiger charge is -2.35. The molecule has 2 aromatic rings. The Labute approximate surface area is 131 Å². The third-order valence-corrected chi connectivity index (χ3v) is 5.46. The largest absolute Gasteiger partial charge is 0.308 e. The van der Waals surface area contributed by atoms with Crippen LogP contribution in [0.1, 0.15) is 43.0 Å². The highest BCUT2D eigenvalue weighted by Crippen LogP contribution is 2.21. The first-order valence-electron chi connectivity index (χ1n) is 7.96. The second-order valence-corrected chi connectivity index (χ2v) is 7.64. The molecule has 0 bridgehead atoms. The molecule has 0 spiro atoms. The third kappa shape index (κ3) is 3.15. The van der Waals surface area contributed by atoms with Gasteiger partial charge in [0.05, 0.1) is 11.4 Å². The van der Waals surface area contributed by atoms with Crippen LogP contribution in [0.25, 0.3) is 4.96 Å². The molecule has 0 unspecified atom stereocenters. The van der Waals surface area contributed by atoms with Gasteiger partial charge in [0.2, 0.25) is 0 Å². The zero-order valence-electron chi connectivity index (χ0n) is 13.5. The predicted octanol–water partition coefficient (Wildman–Crippen LogP) is 2.98. The number of aromatic nitrogens is 2. The molecule has 116 valence electrons. The SMILES string of the molecule is Cc1cn2c(CNC3CCN(C(C)C)CC3)c(C)nc2s1. The van der Waals surface area contributed by atoms with Crippen LogP contribution in [-0.4, -0.2) is 39.5 Å². The Bertz CT molecular complexity index is 605. The van der Waals surface area contributed by atoms with Crippen molar-refractivity contribution >= 4 is 16.3 Å². The Kier molecular flexibility index (Phi) is 4.33. The van der Waals surface area contributed by atoms with E-state index in [2.05, 4.69) is 53.5 Å². The number of hydrogen-bond acceptors (Lipinski definition) is 4. The number of aryl methyl sites for hydroxylation is 2. The van der Waals surface area contributed by atoms with Gasteiger partial charge in [0.25, 0.3) is 0 Å². The van der Waals surface area contributed by atoms with Crippen LogP contribution in [0.15, 0.2) is 6.20 Å². The number of fused-ring (bicyclic) bond motifs is 1. The summed E-state index contributed by atoms with van der Waals surface area (Å²) < 4.78 is 2.26. The van der Waals surface area contributed by atoms with E-state index in [1.807, 2.05) is 0 Å². The van der Waals surface area contributed by atoms with Crippen molar-refractivity contribution in [2.45, 2.75) is 59.2 Å². The fourth-order valence-electron chi connectivity index (χ4n) is 3.18. The second kappa shape index (κ2) is 6.07. The fourth-order valence-corrected chi connectivity index (χ4v) is 4.07. The van der Waals surface area contributed by atoms with Crippen molar-refractivity contribution < 1.29 is 0 Å². The third-order valence-electron chi connectivity index (χ3n) is 4.56. The molecular weight excluding hydrogens is 280 g/mol. The van der Waals surface area contributed by atoms with Crippen LogP contribution in [0.2, 0.25) is 0 Å².